The average molecular weight is 209 g/mol. The zero-order valence-electron chi connectivity index (χ0n) is 9.53. The van der Waals surface area contributed by atoms with Crippen LogP contribution in [0.1, 0.15) is 32.6 Å². The van der Waals surface area contributed by atoms with Crippen LogP contribution in [0.5, 0.6) is 0 Å². The minimum atomic E-state index is -0.232. The first-order valence-corrected chi connectivity index (χ1v) is 5.66. The third-order valence-corrected chi connectivity index (χ3v) is 3.68. The maximum absolute atomic E-state index is 11.4. The molecule has 0 N–H and O–H groups in total. The monoisotopic (exact) mass is 209 g/mol. The Morgan fingerprint density at radius 1 is 1.33 bits per heavy atom. The second-order valence-electron chi connectivity index (χ2n) is 4.83. The highest BCUT2D eigenvalue weighted by Crippen LogP contribution is 2.35. The van der Waals surface area contributed by atoms with Crippen LogP contribution in [-0.2, 0) is 9.53 Å². The molecule has 84 valence electrons. The van der Waals surface area contributed by atoms with Gasteiger partial charge in [0, 0.05) is 30.5 Å². The van der Waals surface area contributed by atoms with Crippen molar-refractivity contribution in [3.63, 3.8) is 0 Å². The number of hydrogen-bond donors (Lipinski definition) is 0. The van der Waals surface area contributed by atoms with Crippen molar-refractivity contribution >= 4 is 5.97 Å². The molecule has 0 aromatic heterocycles. The summed E-state index contributed by atoms with van der Waals surface area (Å²) in [5.74, 6) is -0.232. The number of carbonyl (C=O) groups is 1. The highest BCUT2D eigenvalue weighted by atomic mass is 16.5. The summed E-state index contributed by atoms with van der Waals surface area (Å²) in [7, 11) is 2.18. The number of fused-ring (bicyclic) bond motifs is 2. The van der Waals surface area contributed by atoms with E-state index in [1.165, 1.54) is 12.8 Å². The number of esters is 1. The Bertz CT molecular complexity index is 273. The van der Waals surface area contributed by atoms with Gasteiger partial charge in [-0.15, -0.1) is 0 Å². The normalized spacial score (nSPS) is 35.2. The molecule has 0 saturated carbocycles. The molecule has 0 spiro atoms. The topological polar surface area (TPSA) is 29.5 Å². The Balaban J connectivity index is 1.92. The van der Waals surface area contributed by atoms with E-state index in [9.17, 15) is 4.79 Å². The number of carbonyl (C=O) groups excluding carboxylic acids is 1. The van der Waals surface area contributed by atoms with Gasteiger partial charge in [-0.3, -0.25) is 0 Å². The summed E-state index contributed by atoms with van der Waals surface area (Å²) in [5, 5.41) is 0. The van der Waals surface area contributed by atoms with Crippen molar-refractivity contribution in [3.05, 3.63) is 12.2 Å². The molecule has 2 fully saturated rings. The quantitative estimate of drug-likeness (QED) is 0.512. The lowest BCUT2D eigenvalue weighted by Crippen LogP contribution is -2.43. The van der Waals surface area contributed by atoms with Crippen LogP contribution in [0.15, 0.2) is 12.2 Å². The van der Waals surface area contributed by atoms with Crippen LogP contribution in [0.25, 0.3) is 0 Å². The van der Waals surface area contributed by atoms with Gasteiger partial charge in [0.2, 0.25) is 0 Å². The lowest BCUT2D eigenvalue weighted by atomic mass is 10.0. The van der Waals surface area contributed by atoms with Gasteiger partial charge in [0.15, 0.2) is 0 Å². The highest BCUT2D eigenvalue weighted by molar-refractivity contribution is 5.87. The molecule has 2 aliphatic heterocycles. The molecule has 3 nitrogen and oxygen atoms in total. The Hall–Kier alpha value is -0.830. The van der Waals surface area contributed by atoms with Crippen molar-refractivity contribution in [2.24, 2.45) is 0 Å². The lowest BCUT2D eigenvalue weighted by molar-refractivity contribution is -0.147. The minimum Gasteiger partial charge on any atom is -0.459 e. The van der Waals surface area contributed by atoms with Crippen LogP contribution in [0.4, 0.5) is 0 Å². The smallest absolute Gasteiger partial charge is 0.333 e. The van der Waals surface area contributed by atoms with Gasteiger partial charge in [0.05, 0.1) is 0 Å². The summed E-state index contributed by atoms with van der Waals surface area (Å²) in [6, 6.07) is 1.23. The van der Waals surface area contributed by atoms with Gasteiger partial charge < -0.3 is 9.64 Å². The van der Waals surface area contributed by atoms with Gasteiger partial charge >= 0.3 is 5.97 Å². The number of ether oxygens (including phenoxy) is 1. The maximum Gasteiger partial charge on any atom is 0.333 e. The number of hydrogen-bond acceptors (Lipinski definition) is 3. The number of nitrogens with zero attached hydrogens (tertiary/aromatic N) is 1. The van der Waals surface area contributed by atoms with Crippen LogP contribution in [0, 0.1) is 0 Å². The largest absolute Gasteiger partial charge is 0.459 e. The predicted molar refractivity (Wildman–Crippen MR) is 58.5 cm³/mol. The third kappa shape index (κ3) is 2.07. The zero-order valence-corrected chi connectivity index (χ0v) is 9.53. The fraction of sp³-hybridized carbons (Fsp3) is 0.750. The van der Waals surface area contributed by atoms with Crippen LogP contribution >= 0.6 is 0 Å². The van der Waals surface area contributed by atoms with E-state index >= 15 is 0 Å². The molecule has 0 aromatic carbocycles. The number of rotatable bonds is 2. The SMILES string of the molecule is C=C(C)C(=O)OC1C[C@H]2CC[C@@H](C1)N2C. The molecule has 15 heavy (non-hydrogen) atoms. The molecule has 2 bridgehead atoms. The molecule has 2 heterocycles. The van der Waals surface area contributed by atoms with Crippen molar-refractivity contribution in [1.82, 2.24) is 4.90 Å². The van der Waals surface area contributed by atoms with E-state index in [0.29, 0.717) is 17.7 Å². The maximum atomic E-state index is 11.4. The van der Waals surface area contributed by atoms with Crippen molar-refractivity contribution in [2.45, 2.75) is 50.8 Å². The Morgan fingerprint density at radius 3 is 2.33 bits per heavy atom. The summed E-state index contributed by atoms with van der Waals surface area (Å²) < 4.78 is 5.42. The van der Waals surface area contributed by atoms with E-state index in [1.54, 1.807) is 6.92 Å². The molecular formula is C12H19NO2. The molecule has 2 saturated heterocycles. The molecule has 1 unspecified atom stereocenters. The minimum absolute atomic E-state index is 0.114. The zero-order chi connectivity index (χ0) is 11.0. The van der Waals surface area contributed by atoms with Crippen molar-refractivity contribution < 1.29 is 9.53 Å². The summed E-state index contributed by atoms with van der Waals surface area (Å²) >= 11 is 0. The van der Waals surface area contributed by atoms with Gasteiger partial charge in [-0.25, -0.2) is 4.79 Å². The number of piperidine rings is 1. The molecule has 0 aromatic rings. The summed E-state index contributed by atoms with van der Waals surface area (Å²) in [6.45, 7) is 5.30. The fourth-order valence-corrected chi connectivity index (χ4v) is 2.71. The van der Waals surface area contributed by atoms with Gasteiger partial charge in [-0.2, -0.15) is 0 Å². The lowest BCUT2D eigenvalue weighted by Gasteiger charge is -2.35. The molecule has 2 aliphatic rings. The first kappa shape index (κ1) is 10.7. The van der Waals surface area contributed by atoms with E-state index < -0.39 is 0 Å². The second-order valence-corrected chi connectivity index (χ2v) is 4.83. The summed E-state index contributed by atoms with van der Waals surface area (Å²) in [4.78, 5) is 13.8. The first-order valence-electron chi connectivity index (χ1n) is 5.66. The van der Waals surface area contributed by atoms with Gasteiger partial charge in [0.1, 0.15) is 6.10 Å². The van der Waals surface area contributed by atoms with E-state index in [0.717, 1.165) is 12.8 Å². The molecular weight excluding hydrogens is 190 g/mol. The van der Waals surface area contributed by atoms with Crippen molar-refractivity contribution in [2.75, 3.05) is 7.05 Å². The van der Waals surface area contributed by atoms with Crippen molar-refractivity contribution in [1.29, 1.82) is 0 Å². The third-order valence-electron chi connectivity index (χ3n) is 3.68. The average Bonchev–Trinajstić information content (AvgIpc) is 2.41. The predicted octanol–water partition coefficient (Wildman–Crippen LogP) is 1.73. The Kier molecular flexibility index (Phi) is 2.83. The molecule has 0 radical (unpaired) electrons. The van der Waals surface area contributed by atoms with Gasteiger partial charge in [-0.05, 0) is 26.8 Å². The van der Waals surface area contributed by atoms with Crippen molar-refractivity contribution in [3.8, 4) is 0 Å². The molecule has 0 aliphatic carbocycles. The Morgan fingerprint density at radius 2 is 1.87 bits per heavy atom. The van der Waals surface area contributed by atoms with E-state index in [-0.39, 0.29) is 12.1 Å². The molecule has 3 heteroatoms. The van der Waals surface area contributed by atoms with Gasteiger partial charge in [0.25, 0.3) is 0 Å². The summed E-state index contributed by atoms with van der Waals surface area (Å²) in [5.41, 5.74) is 0.501. The summed E-state index contributed by atoms with van der Waals surface area (Å²) in [6.07, 6.45) is 4.60. The van der Waals surface area contributed by atoms with Crippen LogP contribution in [0.3, 0.4) is 0 Å². The van der Waals surface area contributed by atoms with E-state index in [1.807, 2.05) is 0 Å². The van der Waals surface area contributed by atoms with Crippen LogP contribution in [-0.4, -0.2) is 36.1 Å². The molecule has 2 rings (SSSR count). The van der Waals surface area contributed by atoms with Crippen LogP contribution in [0.2, 0.25) is 0 Å². The van der Waals surface area contributed by atoms with Gasteiger partial charge in [-0.1, -0.05) is 6.58 Å². The fourth-order valence-electron chi connectivity index (χ4n) is 2.71. The standard InChI is InChI=1S/C12H19NO2/c1-8(2)12(14)15-11-6-9-4-5-10(7-11)13(9)3/h9-11H,1,4-7H2,2-3H3/t9-,10+,11?. The Labute approximate surface area is 91.1 Å². The van der Waals surface area contributed by atoms with E-state index in [2.05, 4.69) is 18.5 Å². The molecule has 3 atom stereocenters. The highest BCUT2D eigenvalue weighted by Gasteiger charge is 2.39. The second kappa shape index (κ2) is 3.97. The first-order chi connectivity index (χ1) is 7.08. The van der Waals surface area contributed by atoms with Crippen LogP contribution < -0.4 is 0 Å². The molecule has 0 amide bonds. The van der Waals surface area contributed by atoms with E-state index in [4.69, 9.17) is 4.74 Å².